The number of hydrogen-bond donors (Lipinski definition) is 2. The van der Waals surface area contributed by atoms with Crippen molar-refractivity contribution in [2.45, 2.75) is 31.7 Å². The summed E-state index contributed by atoms with van der Waals surface area (Å²) in [7, 11) is 1.52. The highest BCUT2D eigenvalue weighted by atomic mass is 35.5. The van der Waals surface area contributed by atoms with Gasteiger partial charge in [-0.3, -0.25) is 14.2 Å². The second kappa shape index (κ2) is 9.11. The van der Waals surface area contributed by atoms with E-state index in [4.69, 9.17) is 21.4 Å². The van der Waals surface area contributed by atoms with E-state index in [0.717, 1.165) is 24.0 Å². The molecule has 1 saturated carbocycles. The number of carbonyl (C=O) groups excluding carboxylic acids is 1. The van der Waals surface area contributed by atoms with Gasteiger partial charge in [-0.15, -0.1) is 0 Å². The van der Waals surface area contributed by atoms with Crippen molar-refractivity contribution in [1.82, 2.24) is 4.57 Å². The molecule has 1 heterocycles. The number of aromatic carboxylic acids is 1. The van der Waals surface area contributed by atoms with E-state index in [1.54, 1.807) is 6.92 Å². The SMILES string of the molecule is COc1cn(C(C)C(=O)Nc2ccc(C(=O)O)cc2)c(=O)cc1-c1cc(Cl)ccc1C1CC1. The van der Waals surface area contributed by atoms with Gasteiger partial charge in [0.15, 0.2) is 0 Å². The van der Waals surface area contributed by atoms with Gasteiger partial charge in [0.1, 0.15) is 11.8 Å². The lowest BCUT2D eigenvalue weighted by Gasteiger charge is -2.19. The van der Waals surface area contributed by atoms with Crippen LogP contribution in [0, 0.1) is 0 Å². The van der Waals surface area contributed by atoms with Crippen LogP contribution in [-0.2, 0) is 4.79 Å². The van der Waals surface area contributed by atoms with Gasteiger partial charge >= 0.3 is 5.97 Å². The van der Waals surface area contributed by atoms with Gasteiger partial charge < -0.3 is 15.2 Å². The zero-order valence-electron chi connectivity index (χ0n) is 18.2. The maximum absolute atomic E-state index is 13.0. The Hall–Kier alpha value is -3.58. The van der Waals surface area contributed by atoms with Gasteiger partial charge in [-0.25, -0.2) is 4.79 Å². The molecule has 7 nitrogen and oxygen atoms in total. The summed E-state index contributed by atoms with van der Waals surface area (Å²) in [6.07, 6.45) is 3.73. The number of carboxylic acids is 1. The Morgan fingerprint density at radius 3 is 2.42 bits per heavy atom. The number of aromatic nitrogens is 1. The van der Waals surface area contributed by atoms with Crippen LogP contribution >= 0.6 is 11.6 Å². The maximum atomic E-state index is 13.0. The standard InChI is InChI=1S/C25H23ClN2O5/c1-14(24(30)27-18-8-5-16(6-9-18)25(31)32)28-13-22(33-2)21(12-23(28)29)20-11-17(26)7-10-19(20)15-3-4-15/h5-15H,3-4H2,1-2H3,(H,27,30)(H,31,32). The number of rotatable bonds is 7. The molecule has 1 aromatic heterocycles. The number of amides is 1. The number of carboxylic acid groups (broad SMARTS) is 1. The van der Waals surface area contributed by atoms with Crippen molar-refractivity contribution < 1.29 is 19.4 Å². The number of halogens is 1. The first-order valence-corrected chi connectivity index (χ1v) is 10.9. The first-order chi connectivity index (χ1) is 15.8. The van der Waals surface area contributed by atoms with E-state index in [9.17, 15) is 14.4 Å². The molecule has 4 rings (SSSR count). The van der Waals surface area contributed by atoms with Crippen molar-refractivity contribution in [2.24, 2.45) is 0 Å². The summed E-state index contributed by atoms with van der Waals surface area (Å²) in [5.41, 5.74) is 2.83. The van der Waals surface area contributed by atoms with Gasteiger partial charge in [0, 0.05) is 22.3 Å². The fourth-order valence-electron chi connectivity index (χ4n) is 3.79. The Labute approximate surface area is 195 Å². The second-order valence-electron chi connectivity index (χ2n) is 8.05. The Kier molecular flexibility index (Phi) is 6.24. The molecule has 1 aliphatic carbocycles. The van der Waals surface area contributed by atoms with Crippen LogP contribution in [0.5, 0.6) is 5.75 Å². The van der Waals surface area contributed by atoms with Gasteiger partial charge in [0.2, 0.25) is 5.91 Å². The number of nitrogens with zero attached hydrogens (tertiary/aromatic N) is 1. The third kappa shape index (κ3) is 4.78. The lowest BCUT2D eigenvalue weighted by Crippen LogP contribution is -2.31. The number of benzene rings is 2. The molecule has 0 bridgehead atoms. The number of pyridine rings is 1. The first kappa shape index (κ1) is 22.6. The summed E-state index contributed by atoms with van der Waals surface area (Å²) in [5, 5.41) is 12.3. The second-order valence-corrected chi connectivity index (χ2v) is 8.49. The summed E-state index contributed by atoms with van der Waals surface area (Å²) in [6, 6.07) is 12.1. The maximum Gasteiger partial charge on any atom is 0.335 e. The monoisotopic (exact) mass is 466 g/mol. The van der Waals surface area contributed by atoms with Crippen LogP contribution in [0.4, 0.5) is 5.69 Å². The number of carbonyl (C=O) groups is 2. The zero-order valence-corrected chi connectivity index (χ0v) is 18.9. The Bertz CT molecular complexity index is 1280. The van der Waals surface area contributed by atoms with Crippen molar-refractivity contribution >= 4 is 29.2 Å². The lowest BCUT2D eigenvalue weighted by atomic mass is 9.96. The molecule has 2 N–H and O–H groups in total. The van der Waals surface area contributed by atoms with E-state index < -0.39 is 17.9 Å². The van der Waals surface area contributed by atoms with E-state index in [1.165, 1.54) is 48.2 Å². The molecular weight excluding hydrogens is 444 g/mol. The van der Waals surface area contributed by atoms with E-state index in [2.05, 4.69) is 5.32 Å². The minimum absolute atomic E-state index is 0.115. The summed E-state index contributed by atoms with van der Waals surface area (Å²) in [4.78, 5) is 36.8. The van der Waals surface area contributed by atoms with Crippen molar-refractivity contribution in [1.29, 1.82) is 0 Å². The summed E-state index contributed by atoms with van der Waals surface area (Å²) in [5.74, 6) is -0.563. The lowest BCUT2D eigenvalue weighted by molar-refractivity contribution is -0.118. The molecule has 33 heavy (non-hydrogen) atoms. The normalized spacial score (nSPS) is 13.9. The van der Waals surface area contributed by atoms with Gasteiger partial charge in [0.25, 0.3) is 5.56 Å². The van der Waals surface area contributed by atoms with Gasteiger partial charge in [-0.1, -0.05) is 17.7 Å². The van der Waals surface area contributed by atoms with Gasteiger partial charge in [-0.05, 0) is 73.2 Å². The predicted molar refractivity (Wildman–Crippen MR) is 126 cm³/mol. The van der Waals surface area contributed by atoms with Crippen molar-refractivity contribution in [2.75, 3.05) is 12.4 Å². The molecule has 1 fully saturated rings. The average molecular weight is 467 g/mol. The quantitative estimate of drug-likeness (QED) is 0.513. The van der Waals surface area contributed by atoms with Crippen LogP contribution in [0.3, 0.4) is 0 Å². The molecule has 2 aromatic carbocycles. The minimum atomic E-state index is -1.05. The topological polar surface area (TPSA) is 97.6 Å². The molecule has 0 radical (unpaired) electrons. The zero-order chi connectivity index (χ0) is 23.7. The first-order valence-electron chi connectivity index (χ1n) is 10.5. The highest BCUT2D eigenvalue weighted by Crippen LogP contribution is 2.46. The minimum Gasteiger partial charge on any atom is -0.495 e. The Morgan fingerprint density at radius 1 is 1.12 bits per heavy atom. The highest BCUT2D eigenvalue weighted by molar-refractivity contribution is 6.30. The van der Waals surface area contributed by atoms with Crippen molar-refractivity contribution in [3.05, 3.63) is 81.2 Å². The Morgan fingerprint density at radius 2 is 1.82 bits per heavy atom. The van der Waals surface area contributed by atoms with Crippen LogP contribution in [0.2, 0.25) is 5.02 Å². The largest absolute Gasteiger partial charge is 0.495 e. The molecule has 170 valence electrons. The fraction of sp³-hybridized carbons (Fsp3) is 0.240. The molecule has 8 heteroatoms. The summed E-state index contributed by atoms with van der Waals surface area (Å²) >= 11 is 6.24. The average Bonchev–Trinajstić information content (AvgIpc) is 3.64. The number of methoxy groups -OCH3 is 1. The van der Waals surface area contributed by atoms with E-state index in [-0.39, 0.29) is 11.1 Å². The smallest absolute Gasteiger partial charge is 0.335 e. The third-order valence-electron chi connectivity index (χ3n) is 5.78. The highest BCUT2D eigenvalue weighted by Gasteiger charge is 2.28. The van der Waals surface area contributed by atoms with E-state index >= 15 is 0 Å². The molecule has 0 saturated heterocycles. The third-order valence-corrected chi connectivity index (χ3v) is 6.02. The van der Waals surface area contributed by atoms with Crippen LogP contribution in [0.25, 0.3) is 11.1 Å². The van der Waals surface area contributed by atoms with Crippen molar-refractivity contribution in [3.8, 4) is 16.9 Å². The van der Waals surface area contributed by atoms with Crippen LogP contribution < -0.4 is 15.6 Å². The van der Waals surface area contributed by atoms with E-state index in [1.807, 2.05) is 18.2 Å². The molecule has 1 amide bonds. The van der Waals surface area contributed by atoms with Gasteiger partial charge in [-0.2, -0.15) is 0 Å². The fourth-order valence-corrected chi connectivity index (χ4v) is 3.96. The van der Waals surface area contributed by atoms with Crippen LogP contribution in [-0.4, -0.2) is 28.7 Å². The molecule has 1 atom stereocenters. The molecule has 1 unspecified atom stereocenters. The van der Waals surface area contributed by atoms with Crippen molar-refractivity contribution in [3.63, 3.8) is 0 Å². The molecule has 0 spiro atoms. The van der Waals surface area contributed by atoms with Crippen LogP contribution in [0.15, 0.2) is 59.5 Å². The number of hydrogen-bond acceptors (Lipinski definition) is 4. The summed E-state index contributed by atoms with van der Waals surface area (Å²) in [6.45, 7) is 1.61. The number of anilines is 1. The summed E-state index contributed by atoms with van der Waals surface area (Å²) < 4.78 is 6.89. The molecular formula is C25H23ClN2O5. The predicted octanol–water partition coefficient (Wildman–Crippen LogP) is 4.95. The molecule has 3 aromatic rings. The molecule has 0 aliphatic heterocycles. The van der Waals surface area contributed by atoms with E-state index in [0.29, 0.717) is 27.9 Å². The Balaban J connectivity index is 1.64. The number of nitrogens with one attached hydrogen (secondary N) is 1. The number of ether oxygens (including phenoxy) is 1. The van der Waals surface area contributed by atoms with Gasteiger partial charge in [0.05, 0.1) is 18.9 Å². The molecule has 1 aliphatic rings. The van der Waals surface area contributed by atoms with Crippen LogP contribution in [0.1, 0.15) is 47.6 Å².